The summed E-state index contributed by atoms with van der Waals surface area (Å²) in [5.74, 6) is 0.365. The molecule has 0 bridgehead atoms. The van der Waals surface area contributed by atoms with E-state index in [1.54, 1.807) is 0 Å². The van der Waals surface area contributed by atoms with Crippen molar-refractivity contribution in [3.8, 4) is 0 Å². The Hall–Kier alpha value is -0.573. The van der Waals surface area contributed by atoms with Crippen LogP contribution in [-0.4, -0.2) is 31.5 Å². The van der Waals surface area contributed by atoms with Crippen LogP contribution in [0, 0.1) is 0 Å². The molecule has 0 aromatic carbocycles. The van der Waals surface area contributed by atoms with Gasteiger partial charge < -0.3 is 4.90 Å². The van der Waals surface area contributed by atoms with Crippen molar-refractivity contribution in [2.75, 3.05) is 12.7 Å². The Balaban J connectivity index is 2.53. The van der Waals surface area contributed by atoms with Crippen LogP contribution in [-0.2, 0) is 4.79 Å². The molecule has 0 saturated carbocycles. The Bertz CT molecular complexity index is 265. The molecular weight excluding hydrogens is 202 g/mol. The summed E-state index contributed by atoms with van der Waals surface area (Å²) in [5, 5.41) is 0. The smallest absolute Gasteiger partial charge is 0.138 e. The highest BCUT2D eigenvalue weighted by atomic mass is 28.3. The Morgan fingerprint density at radius 3 is 2.67 bits per heavy atom. The van der Waals surface area contributed by atoms with Crippen LogP contribution in [0.2, 0.25) is 19.6 Å². The summed E-state index contributed by atoms with van der Waals surface area (Å²) in [7, 11) is -1.05. The van der Waals surface area contributed by atoms with Crippen molar-refractivity contribution < 1.29 is 4.79 Å². The normalized spacial score (nSPS) is 16.8. The van der Waals surface area contributed by atoms with Crippen molar-refractivity contribution in [1.29, 1.82) is 0 Å². The fourth-order valence-electron chi connectivity index (χ4n) is 1.92. The van der Waals surface area contributed by atoms with Gasteiger partial charge in [0.1, 0.15) is 5.78 Å². The standard InChI is InChI=1S/C12H23NOSi/c1-5-12(14)9-11-7-6-8-13(11)10-15(2,3)4/h7H,5-6,8-10H2,1-4H3. The van der Waals surface area contributed by atoms with Gasteiger partial charge in [-0.1, -0.05) is 32.6 Å². The summed E-state index contributed by atoms with van der Waals surface area (Å²) >= 11 is 0. The Morgan fingerprint density at radius 1 is 1.47 bits per heavy atom. The third kappa shape index (κ3) is 4.20. The number of hydrogen-bond donors (Lipinski definition) is 0. The number of ketones is 1. The van der Waals surface area contributed by atoms with Crippen LogP contribution in [0.15, 0.2) is 11.8 Å². The topological polar surface area (TPSA) is 20.3 Å². The zero-order valence-corrected chi connectivity index (χ0v) is 11.5. The van der Waals surface area contributed by atoms with Crippen molar-refractivity contribution in [2.24, 2.45) is 0 Å². The maximum atomic E-state index is 11.4. The van der Waals surface area contributed by atoms with E-state index in [0.29, 0.717) is 18.6 Å². The van der Waals surface area contributed by atoms with Crippen LogP contribution >= 0.6 is 0 Å². The zero-order chi connectivity index (χ0) is 11.5. The average Bonchev–Trinajstić information content (AvgIpc) is 2.50. The van der Waals surface area contributed by atoms with E-state index in [2.05, 4.69) is 30.6 Å². The molecule has 0 amide bonds. The summed E-state index contributed by atoms with van der Waals surface area (Å²) in [6.45, 7) is 10.2. The summed E-state index contributed by atoms with van der Waals surface area (Å²) in [5.41, 5.74) is 1.28. The molecule has 15 heavy (non-hydrogen) atoms. The minimum absolute atomic E-state index is 0.365. The predicted octanol–water partition coefficient (Wildman–Crippen LogP) is 2.82. The van der Waals surface area contributed by atoms with Gasteiger partial charge in [-0.3, -0.25) is 4.79 Å². The second-order valence-corrected chi connectivity index (χ2v) is 11.0. The lowest BCUT2D eigenvalue weighted by Crippen LogP contribution is -2.38. The first kappa shape index (κ1) is 12.5. The van der Waals surface area contributed by atoms with Gasteiger partial charge in [-0.2, -0.15) is 0 Å². The van der Waals surface area contributed by atoms with Gasteiger partial charge in [-0.25, -0.2) is 0 Å². The third-order valence-corrected chi connectivity index (χ3v) is 3.95. The lowest BCUT2D eigenvalue weighted by atomic mass is 10.2. The molecule has 2 nitrogen and oxygen atoms in total. The van der Waals surface area contributed by atoms with Crippen LogP contribution in [0.5, 0.6) is 0 Å². The van der Waals surface area contributed by atoms with E-state index in [-0.39, 0.29) is 0 Å². The first-order valence-electron chi connectivity index (χ1n) is 5.88. The van der Waals surface area contributed by atoms with Crippen LogP contribution in [0.25, 0.3) is 0 Å². The van der Waals surface area contributed by atoms with Gasteiger partial charge in [0.05, 0.1) is 8.07 Å². The van der Waals surface area contributed by atoms with Crippen molar-refractivity contribution in [1.82, 2.24) is 4.90 Å². The fourth-order valence-corrected chi connectivity index (χ4v) is 3.43. The summed E-state index contributed by atoms with van der Waals surface area (Å²) in [4.78, 5) is 13.9. The highest BCUT2D eigenvalue weighted by Crippen LogP contribution is 2.21. The average molecular weight is 225 g/mol. The van der Waals surface area contributed by atoms with Gasteiger partial charge in [-0.15, -0.1) is 0 Å². The molecule has 0 aromatic heterocycles. The van der Waals surface area contributed by atoms with E-state index in [1.807, 2.05) is 6.92 Å². The van der Waals surface area contributed by atoms with Crippen LogP contribution in [0.4, 0.5) is 0 Å². The fraction of sp³-hybridized carbons (Fsp3) is 0.750. The number of hydrogen-bond acceptors (Lipinski definition) is 2. The molecule has 0 spiro atoms. The molecule has 1 aliphatic rings. The molecule has 3 heteroatoms. The number of allylic oxidation sites excluding steroid dienone is 1. The highest BCUT2D eigenvalue weighted by molar-refractivity contribution is 6.76. The SMILES string of the molecule is CCC(=O)CC1=CCCN1C[Si](C)(C)C. The first-order chi connectivity index (χ1) is 6.92. The monoisotopic (exact) mass is 225 g/mol. The first-order valence-corrected chi connectivity index (χ1v) is 9.59. The van der Waals surface area contributed by atoms with Gasteiger partial charge >= 0.3 is 0 Å². The van der Waals surface area contributed by atoms with Crippen LogP contribution in [0.3, 0.4) is 0 Å². The summed E-state index contributed by atoms with van der Waals surface area (Å²) in [6, 6.07) is 0. The molecule has 0 unspecified atom stereocenters. The van der Waals surface area contributed by atoms with Crippen LogP contribution < -0.4 is 0 Å². The minimum atomic E-state index is -1.05. The Kier molecular flexibility index (Phi) is 4.14. The molecule has 0 saturated heterocycles. The van der Waals surface area contributed by atoms with Gasteiger partial charge in [0.15, 0.2) is 0 Å². The van der Waals surface area contributed by atoms with Gasteiger partial charge in [0.25, 0.3) is 0 Å². The van der Waals surface area contributed by atoms with E-state index in [4.69, 9.17) is 0 Å². The summed E-state index contributed by atoms with van der Waals surface area (Å²) in [6.07, 6.45) is 5.87. The molecule has 0 radical (unpaired) electrons. The Labute approximate surface area is 94.4 Å². The zero-order valence-electron chi connectivity index (χ0n) is 10.5. The second-order valence-electron chi connectivity index (χ2n) is 5.54. The van der Waals surface area contributed by atoms with Crippen molar-refractivity contribution in [3.63, 3.8) is 0 Å². The molecule has 0 aliphatic carbocycles. The maximum Gasteiger partial charge on any atom is 0.138 e. The summed E-state index contributed by atoms with van der Waals surface area (Å²) < 4.78 is 0. The van der Waals surface area contributed by atoms with Gasteiger partial charge in [0, 0.05) is 31.3 Å². The number of carbonyl (C=O) groups excluding carboxylic acids is 1. The molecular formula is C12H23NOSi. The third-order valence-electron chi connectivity index (χ3n) is 2.62. The maximum absolute atomic E-state index is 11.4. The minimum Gasteiger partial charge on any atom is -0.377 e. The number of Topliss-reactive ketones (excluding diaryl/α,β-unsaturated/α-hetero) is 1. The van der Waals surface area contributed by atoms with Gasteiger partial charge in [-0.05, 0) is 6.42 Å². The molecule has 0 N–H and O–H groups in total. The quantitative estimate of drug-likeness (QED) is 0.671. The number of nitrogens with zero attached hydrogens (tertiary/aromatic N) is 1. The highest BCUT2D eigenvalue weighted by Gasteiger charge is 2.23. The van der Waals surface area contributed by atoms with E-state index in [1.165, 1.54) is 11.9 Å². The molecule has 0 atom stereocenters. The predicted molar refractivity (Wildman–Crippen MR) is 67.5 cm³/mol. The molecule has 1 rings (SSSR count). The molecule has 1 aliphatic heterocycles. The van der Waals surface area contributed by atoms with Crippen molar-refractivity contribution >= 4 is 13.9 Å². The van der Waals surface area contributed by atoms with Gasteiger partial charge in [0.2, 0.25) is 0 Å². The van der Waals surface area contributed by atoms with Crippen LogP contribution in [0.1, 0.15) is 26.2 Å². The van der Waals surface area contributed by atoms with E-state index >= 15 is 0 Å². The molecule has 0 fully saturated rings. The van der Waals surface area contributed by atoms with E-state index in [0.717, 1.165) is 13.0 Å². The molecule has 0 aromatic rings. The largest absolute Gasteiger partial charge is 0.377 e. The lowest BCUT2D eigenvalue weighted by molar-refractivity contribution is -0.118. The van der Waals surface area contributed by atoms with Crippen molar-refractivity contribution in [3.05, 3.63) is 11.8 Å². The lowest BCUT2D eigenvalue weighted by Gasteiger charge is -2.29. The Morgan fingerprint density at radius 2 is 2.13 bits per heavy atom. The van der Waals surface area contributed by atoms with E-state index < -0.39 is 8.07 Å². The molecule has 1 heterocycles. The van der Waals surface area contributed by atoms with Crippen molar-refractivity contribution in [2.45, 2.75) is 45.8 Å². The number of rotatable bonds is 5. The van der Waals surface area contributed by atoms with E-state index in [9.17, 15) is 4.79 Å². The number of carbonyl (C=O) groups is 1. The molecule has 86 valence electrons. The second kappa shape index (κ2) is 4.97.